The van der Waals surface area contributed by atoms with Gasteiger partial charge in [-0.2, -0.15) is 0 Å². The number of likely N-dealkylation sites (N-methyl/N-ethyl adjacent to an activating group) is 1. The molecule has 2 fully saturated rings. The maximum absolute atomic E-state index is 6.17. The molecule has 4 heteroatoms. The average Bonchev–Trinajstić information content (AvgIpc) is 3.16. The van der Waals surface area contributed by atoms with Crippen LogP contribution in [0.25, 0.3) is 0 Å². The van der Waals surface area contributed by atoms with Gasteiger partial charge >= 0.3 is 0 Å². The van der Waals surface area contributed by atoms with E-state index in [2.05, 4.69) is 24.1 Å². The van der Waals surface area contributed by atoms with E-state index in [4.69, 9.17) is 15.2 Å². The van der Waals surface area contributed by atoms with Gasteiger partial charge in [0.2, 0.25) is 0 Å². The van der Waals surface area contributed by atoms with E-state index in [1.807, 2.05) is 6.07 Å². The quantitative estimate of drug-likeness (QED) is 0.890. The molecule has 110 valence electrons. The van der Waals surface area contributed by atoms with Crippen LogP contribution in [-0.2, 0) is 5.41 Å². The van der Waals surface area contributed by atoms with Gasteiger partial charge in [-0.3, -0.25) is 0 Å². The van der Waals surface area contributed by atoms with E-state index in [1.54, 1.807) is 7.11 Å². The van der Waals surface area contributed by atoms with E-state index >= 15 is 0 Å². The number of methoxy groups -OCH3 is 1. The van der Waals surface area contributed by atoms with Crippen molar-refractivity contribution in [2.75, 3.05) is 33.8 Å². The number of benzene rings is 1. The van der Waals surface area contributed by atoms with E-state index in [0.717, 1.165) is 43.9 Å². The Morgan fingerprint density at radius 1 is 1.40 bits per heavy atom. The molecular formula is C16H24N2O2. The third-order valence-electron chi connectivity index (χ3n) is 4.64. The molecule has 0 radical (unpaired) electrons. The van der Waals surface area contributed by atoms with Gasteiger partial charge in [0.05, 0.1) is 7.11 Å². The lowest BCUT2D eigenvalue weighted by Crippen LogP contribution is -2.23. The maximum atomic E-state index is 6.17. The second-order valence-electron chi connectivity index (χ2n) is 6.11. The van der Waals surface area contributed by atoms with E-state index < -0.39 is 0 Å². The molecule has 0 bridgehead atoms. The zero-order valence-electron chi connectivity index (χ0n) is 12.4. The summed E-state index contributed by atoms with van der Waals surface area (Å²) in [4.78, 5) is 2.29. The molecule has 1 unspecified atom stereocenters. The molecule has 20 heavy (non-hydrogen) atoms. The molecular weight excluding hydrogens is 252 g/mol. The van der Waals surface area contributed by atoms with E-state index in [-0.39, 0.29) is 11.5 Å². The molecule has 1 aliphatic heterocycles. The lowest BCUT2D eigenvalue weighted by Gasteiger charge is -2.21. The van der Waals surface area contributed by atoms with Crippen molar-refractivity contribution in [1.82, 2.24) is 4.90 Å². The molecule has 1 aromatic carbocycles. The molecule has 1 aliphatic carbocycles. The Balaban J connectivity index is 1.85. The number of para-hydroxylation sites is 1. The third-order valence-corrected chi connectivity index (χ3v) is 4.64. The summed E-state index contributed by atoms with van der Waals surface area (Å²) >= 11 is 0. The summed E-state index contributed by atoms with van der Waals surface area (Å²) in [5.41, 5.74) is 7.29. The number of ether oxygens (including phenoxy) is 2. The number of likely N-dealkylation sites (tertiary alicyclic amines) is 1. The highest BCUT2D eigenvalue weighted by molar-refractivity contribution is 5.52. The van der Waals surface area contributed by atoms with Crippen LogP contribution in [0.5, 0.6) is 11.5 Å². The first-order valence-electron chi connectivity index (χ1n) is 7.41. The van der Waals surface area contributed by atoms with E-state index in [0.29, 0.717) is 6.54 Å². The van der Waals surface area contributed by atoms with Crippen molar-refractivity contribution in [3.63, 3.8) is 0 Å². The Morgan fingerprint density at radius 3 is 2.75 bits per heavy atom. The van der Waals surface area contributed by atoms with Crippen LogP contribution in [0.2, 0.25) is 0 Å². The highest BCUT2D eigenvalue weighted by Gasteiger charge is 2.45. The predicted molar refractivity (Wildman–Crippen MR) is 79.5 cm³/mol. The van der Waals surface area contributed by atoms with Gasteiger partial charge in [0.1, 0.15) is 6.10 Å². The molecule has 0 aromatic heterocycles. The van der Waals surface area contributed by atoms with Gasteiger partial charge in [0.15, 0.2) is 11.5 Å². The Kier molecular flexibility index (Phi) is 3.61. The number of nitrogens with two attached hydrogens (primary N) is 1. The molecule has 3 rings (SSSR count). The molecule has 1 heterocycles. The Hall–Kier alpha value is -1.26. The van der Waals surface area contributed by atoms with Crippen LogP contribution in [-0.4, -0.2) is 44.8 Å². The number of rotatable bonds is 5. The Labute approximate surface area is 120 Å². The zero-order valence-corrected chi connectivity index (χ0v) is 12.4. The fraction of sp³-hybridized carbons (Fsp3) is 0.625. The van der Waals surface area contributed by atoms with Gasteiger partial charge in [-0.05, 0) is 32.4 Å². The number of nitrogens with zero attached hydrogens (tertiary/aromatic N) is 1. The van der Waals surface area contributed by atoms with Crippen LogP contribution in [0.15, 0.2) is 18.2 Å². The molecule has 1 atom stereocenters. The number of hydrogen-bond donors (Lipinski definition) is 1. The summed E-state index contributed by atoms with van der Waals surface area (Å²) in [7, 11) is 3.85. The molecule has 4 nitrogen and oxygen atoms in total. The van der Waals surface area contributed by atoms with Crippen molar-refractivity contribution in [2.45, 2.75) is 30.8 Å². The van der Waals surface area contributed by atoms with E-state index in [1.165, 1.54) is 5.56 Å². The molecule has 1 saturated heterocycles. The van der Waals surface area contributed by atoms with Crippen molar-refractivity contribution in [3.05, 3.63) is 23.8 Å². The first-order valence-corrected chi connectivity index (χ1v) is 7.41. The summed E-state index contributed by atoms with van der Waals surface area (Å²) in [5, 5.41) is 0. The minimum Gasteiger partial charge on any atom is -0.493 e. The summed E-state index contributed by atoms with van der Waals surface area (Å²) in [5.74, 6) is 1.75. The monoisotopic (exact) mass is 276 g/mol. The molecule has 1 saturated carbocycles. The van der Waals surface area contributed by atoms with Crippen LogP contribution < -0.4 is 15.2 Å². The van der Waals surface area contributed by atoms with Gasteiger partial charge < -0.3 is 20.1 Å². The maximum Gasteiger partial charge on any atom is 0.164 e. The van der Waals surface area contributed by atoms with Crippen molar-refractivity contribution in [3.8, 4) is 11.5 Å². The van der Waals surface area contributed by atoms with Gasteiger partial charge in [0.25, 0.3) is 0 Å². The Morgan fingerprint density at radius 2 is 2.20 bits per heavy atom. The summed E-state index contributed by atoms with van der Waals surface area (Å²) in [6, 6.07) is 6.20. The lowest BCUT2D eigenvalue weighted by molar-refractivity contribution is 0.198. The van der Waals surface area contributed by atoms with Gasteiger partial charge in [-0.25, -0.2) is 0 Å². The SMILES string of the molecule is COc1c(OC2CCN(C)C2)cccc1C1(CN)CC1. The standard InChI is InChI=1S/C16H24N2O2/c1-18-9-6-12(10-18)20-14-5-3-4-13(15(14)19-2)16(11-17)7-8-16/h3-5,12H,6-11,17H2,1-2H3. The highest BCUT2D eigenvalue weighted by atomic mass is 16.5. The lowest BCUT2D eigenvalue weighted by atomic mass is 9.95. The van der Waals surface area contributed by atoms with Gasteiger partial charge in [-0.1, -0.05) is 12.1 Å². The van der Waals surface area contributed by atoms with Crippen molar-refractivity contribution >= 4 is 0 Å². The van der Waals surface area contributed by atoms with Crippen LogP contribution in [0, 0.1) is 0 Å². The van der Waals surface area contributed by atoms with Gasteiger partial charge in [0, 0.05) is 30.6 Å². The van der Waals surface area contributed by atoms with Crippen LogP contribution in [0.1, 0.15) is 24.8 Å². The smallest absolute Gasteiger partial charge is 0.164 e. The third kappa shape index (κ3) is 2.38. The summed E-state index contributed by atoms with van der Waals surface area (Å²) < 4.78 is 11.8. The second-order valence-corrected chi connectivity index (χ2v) is 6.11. The zero-order chi connectivity index (χ0) is 14.2. The first-order chi connectivity index (χ1) is 9.68. The summed E-state index contributed by atoms with van der Waals surface area (Å²) in [6.07, 6.45) is 3.63. The first kappa shape index (κ1) is 13.7. The molecule has 1 aromatic rings. The van der Waals surface area contributed by atoms with Crippen LogP contribution in [0.3, 0.4) is 0 Å². The van der Waals surface area contributed by atoms with Crippen molar-refractivity contribution in [2.24, 2.45) is 5.73 Å². The average molecular weight is 276 g/mol. The molecule has 0 spiro atoms. The predicted octanol–water partition coefficient (Wildman–Crippen LogP) is 1.77. The molecule has 2 aliphatic rings. The van der Waals surface area contributed by atoms with E-state index in [9.17, 15) is 0 Å². The van der Waals surface area contributed by atoms with Crippen molar-refractivity contribution < 1.29 is 9.47 Å². The number of hydrogen-bond acceptors (Lipinski definition) is 4. The normalized spacial score (nSPS) is 24.6. The minimum absolute atomic E-state index is 0.122. The molecule has 0 amide bonds. The topological polar surface area (TPSA) is 47.7 Å². The fourth-order valence-electron chi connectivity index (χ4n) is 3.14. The second kappa shape index (κ2) is 5.26. The highest BCUT2D eigenvalue weighted by Crippen LogP contribution is 2.52. The summed E-state index contributed by atoms with van der Waals surface area (Å²) in [6.45, 7) is 2.76. The largest absolute Gasteiger partial charge is 0.493 e. The van der Waals surface area contributed by atoms with Gasteiger partial charge in [-0.15, -0.1) is 0 Å². The van der Waals surface area contributed by atoms with Crippen molar-refractivity contribution in [1.29, 1.82) is 0 Å². The Bertz CT molecular complexity index is 485. The van der Waals surface area contributed by atoms with Crippen LogP contribution in [0.4, 0.5) is 0 Å². The molecule has 2 N–H and O–H groups in total. The van der Waals surface area contributed by atoms with Crippen LogP contribution >= 0.6 is 0 Å². The fourth-order valence-corrected chi connectivity index (χ4v) is 3.14. The minimum atomic E-state index is 0.122.